The van der Waals surface area contributed by atoms with Gasteiger partial charge in [0.05, 0.1) is 11.4 Å². The highest BCUT2D eigenvalue weighted by molar-refractivity contribution is 7.09. The molecule has 0 fully saturated rings. The van der Waals surface area contributed by atoms with E-state index in [1.165, 1.54) is 11.3 Å². The Morgan fingerprint density at radius 2 is 2.13 bits per heavy atom. The van der Waals surface area contributed by atoms with Crippen molar-refractivity contribution in [2.75, 3.05) is 25.1 Å². The van der Waals surface area contributed by atoms with E-state index in [0.717, 1.165) is 28.2 Å². The summed E-state index contributed by atoms with van der Waals surface area (Å²) >= 11 is 1.23. The molecular formula is C16H19N3O3S. The summed E-state index contributed by atoms with van der Waals surface area (Å²) in [5, 5.41) is 0. The maximum Gasteiger partial charge on any atom is 0.307 e. The number of hydrogen-bond donors (Lipinski definition) is 1. The van der Waals surface area contributed by atoms with Gasteiger partial charge >= 0.3 is 4.87 Å². The van der Waals surface area contributed by atoms with Crippen molar-refractivity contribution in [3.8, 4) is 17.0 Å². The Labute approximate surface area is 138 Å². The Kier molecular flexibility index (Phi) is 4.23. The van der Waals surface area contributed by atoms with Gasteiger partial charge in [0.2, 0.25) is 0 Å². The zero-order valence-electron chi connectivity index (χ0n) is 13.2. The Balaban J connectivity index is 2.10. The minimum Gasteiger partial charge on any atom is -0.482 e. The minimum atomic E-state index is -0.0859. The average molecular weight is 333 g/mol. The Bertz CT molecular complexity index is 809. The zero-order valence-corrected chi connectivity index (χ0v) is 14.0. The molecule has 1 amide bonds. The van der Waals surface area contributed by atoms with Crippen molar-refractivity contribution >= 4 is 22.9 Å². The number of amides is 1. The first-order chi connectivity index (χ1) is 11.0. The van der Waals surface area contributed by atoms with E-state index in [-0.39, 0.29) is 17.4 Å². The van der Waals surface area contributed by atoms with Gasteiger partial charge in [-0.3, -0.25) is 14.2 Å². The normalized spacial score (nSPS) is 13.9. The maximum absolute atomic E-state index is 12.2. The van der Waals surface area contributed by atoms with Crippen molar-refractivity contribution in [1.29, 1.82) is 0 Å². The Morgan fingerprint density at radius 1 is 1.35 bits per heavy atom. The summed E-state index contributed by atoms with van der Waals surface area (Å²) < 4.78 is 7.22. The molecule has 0 spiro atoms. The second kappa shape index (κ2) is 6.17. The van der Waals surface area contributed by atoms with Crippen molar-refractivity contribution < 1.29 is 9.53 Å². The smallest absolute Gasteiger partial charge is 0.307 e. The lowest BCUT2D eigenvalue weighted by molar-refractivity contribution is -0.120. The molecule has 1 aliphatic heterocycles. The number of carbonyl (C=O) groups excluding carboxylic acids is 1. The number of nitrogens with zero attached hydrogens (tertiary/aromatic N) is 2. The van der Waals surface area contributed by atoms with Gasteiger partial charge in [-0.05, 0) is 38.1 Å². The predicted molar refractivity (Wildman–Crippen MR) is 91.3 cm³/mol. The minimum absolute atomic E-state index is 0.0179. The maximum atomic E-state index is 12.2. The van der Waals surface area contributed by atoms with Crippen LogP contribution in [-0.4, -0.2) is 30.7 Å². The van der Waals surface area contributed by atoms with E-state index in [2.05, 4.69) is 0 Å². The van der Waals surface area contributed by atoms with Crippen molar-refractivity contribution in [3.63, 3.8) is 0 Å². The molecule has 0 atom stereocenters. The number of benzene rings is 1. The summed E-state index contributed by atoms with van der Waals surface area (Å²) in [6.07, 6.45) is 0.746. The number of likely N-dealkylation sites (N-methyl/N-ethyl adjacent to an activating group) is 1. The molecule has 2 heterocycles. The van der Waals surface area contributed by atoms with Crippen LogP contribution < -0.4 is 20.2 Å². The third kappa shape index (κ3) is 2.77. The highest BCUT2D eigenvalue weighted by atomic mass is 32.1. The van der Waals surface area contributed by atoms with E-state index in [9.17, 15) is 9.59 Å². The van der Waals surface area contributed by atoms with Gasteiger partial charge in [0.15, 0.2) is 6.61 Å². The molecule has 7 heteroatoms. The summed E-state index contributed by atoms with van der Waals surface area (Å²) in [6, 6.07) is 5.68. The zero-order chi connectivity index (χ0) is 16.6. The lowest BCUT2D eigenvalue weighted by Crippen LogP contribution is -2.35. The van der Waals surface area contributed by atoms with Crippen LogP contribution >= 0.6 is 11.3 Å². The van der Waals surface area contributed by atoms with Gasteiger partial charge < -0.3 is 15.4 Å². The van der Waals surface area contributed by atoms with Crippen LogP contribution in [0.25, 0.3) is 11.3 Å². The number of hydrogen-bond acceptors (Lipinski definition) is 5. The van der Waals surface area contributed by atoms with Gasteiger partial charge in [-0.2, -0.15) is 0 Å². The number of anilines is 1. The molecule has 0 saturated carbocycles. The van der Waals surface area contributed by atoms with Crippen LogP contribution in [0.2, 0.25) is 0 Å². The Morgan fingerprint density at radius 3 is 2.87 bits per heavy atom. The molecule has 2 N–H and O–H groups in total. The van der Waals surface area contributed by atoms with E-state index < -0.39 is 0 Å². The monoisotopic (exact) mass is 333 g/mol. The molecule has 23 heavy (non-hydrogen) atoms. The molecule has 0 saturated heterocycles. The number of ether oxygens (including phenoxy) is 1. The molecule has 0 bridgehead atoms. The lowest BCUT2D eigenvalue weighted by Gasteiger charge is -2.26. The number of aryl methyl sites for hydroxylation is 1. The van der Waals surface area contributed by atoms with Crippen LogP contribution in [-0.2, 0) is 11.3 Å². The second-order valence-corrected chi connectivity index (χ2v) is 6.66. The topological polar surface area (TPSA) is 77.6 Å². The van der Waals surface area contributed by atoms with Gasteiger partial charge in [0.25, 0.3) is 5.91 Å². The summed E-state index contributed by atoms with van der Waals surface area (Å²) in [6.45, 7) is 3.13. The Hall–Kier alpha value is -2.12. The first-order valence-electron chi connectivity index (χ1n) is 7.47. The van der Waals surface area contributed by atoms with Crippen molar-refractivity contribution in [2.24, 2.45) is 5.73 Å². The summed E-state index contributed by atoms with van der Waals surface area (Å²) in [5.41, 5.74) is 8.09. The van der Waals surface area contributed by atoms with Gasteiger partial charge in [-0.15, -0.1) is 0 Å². The first kappa shape index (κ1) is 15.8. The van der Waals surface area contributed by atoms with Gasteiger partial charge in [-0.1, -0.05) is 11.3 Å². The number of nitrogens with two attached hydrogens (primary N) is 1. The van der Waals surface area contributed by atoms with Crippen LogP contribution in [0.1, 0.15) is 11.3 Å². The van der Waals surface area contributed by atoms with E-state index in [1.807, 2.05) is 25.1 Å². The first-order valence-corrected chi connectivity index (χ1v) is 8.28. The standard InChI is InChI=1S/C16H19N3O3S/c1-10-15(19(7-3-6-17)16(21)23-10)11-4-5-13-12(8-11)18(2)14(20)9-22-13/h4-5,8H,3,6-7,9,17H2,1-2H3. The van der Waals surface area contributed by atoms with E-state index in [0.29, 0.717) is 18.8 Å². The summed E-state index contributed by atoms with van der Waals surface area (Å²) in [4.78, 5) is 26.6. The molecule has 3 rings (SSSR count). The van der Waals surface area contributed by atoms with Gasteiger partial charge in [-0.25, -0.2) is 0 Å². The predicted octanol–water partition coefficient (Wildman–Crippen LogP) is 1.59. The molecule has 0 aliphatic carbocycles. The number of thiazole rings is 1. The van der Waals surface area contributed by atoms with Crippen molar-refractivity contribution in [1.82, 2.24) is 4.57 Å². The van der Waals surface area contributed by atoms with E-state index in [4.69, 9.17) is 10.5 Å². The second-order valence-electron chi connectivity index (χ2n) is 5.49. The molecule has 1 aromatic heterocycles. The third-order valence-corrected chi connectivity index (χ3v) is 4.86. The van der Waals surface area contributed by atoms with Crippen LogP contribution in [0.3, 0.4) is 0 Å². The van der Waals surface area contributed by atoms with Crippen molar-refractivity contribution in [2.45, 2.75) is 19.9 Å². The summed E-state index contributed by atoms with van der Waals surface area (Å²) in [7, 11) is 1.73. The highest BCUT2D eigenvalue weighted by Crippen LogP contribution is 2.36. The average Bonchev–Trinajstić information content (AvgIpc) is 2.82. The number of fused-ring (bicyclic) bond motifs is 1. The molecule has 2 aromatic rings. The van der Waals surface area contributed by atoms with Crippen LogP contribution in [0, 0.1) is 6.92 Å². The molecule has 6 nitrogen and oxygen atoms in total. The SMILES string of the molecule is Cc1sc(=O)n(CCCN)c1-c1ccc2c(c1)N(C)C(=O)CO2. The summed E-state index contributed by atoms with van der Waals surface area (Å²) in [5.74, 6) is 0.594. The fourth-order valence-corrected chi connectivity index (χ4v) is 3.63. The third-order valence-electron chi connectivity index (χ3n) is 3.97. The number of aromatic nitrogens is 1. The molecule has 122 valence electrons. The lowest BCUT2D eigenvalue weighted by atomic mass is 10.1. The quantitative estimate of drug-likeness (QED) is 0.922. The van der Waals surface area contributed by atoms with Crippen LogP contribution in [0.5, 0.6) is 5.75 Å². The fraction of sp³-hybridized carbons (Fsp3) is 0.375. The molecule has 1 aliphatic rings. The van der Waals surface area contributed by atoms with Gasteiger partial charge in [0, 0.05) is 24.0 Å². The molecule has 0 unspecified atom stereocenters. The van der Waals surface area contributed by atoms with Crippen LogP contribution in [0.15, 0.2) is 23.0 Å². The number of carbonyl (C=O) groups is 1. The fourth-order valence-electron chi connectivity index (χ4n) is 2.75. The molecular weight excluding hydrogens is 314 g/mol. The van der Waals surface area contributed by atoms with Crippen LogP contribution in [0.4, 0.5) is 5.69 Å². The largest absolute Gasteiger partial charge is 0.482 e. The van der Waals surface area contributed by atoms with E-state index in [1.54, 1.807) is 16.5 Å². The highest BCUT2D eigenvalue weighted by Gasteiger charge is 2.23. The molecule has 1 aromatic carbocycles. The van der Waals surface area contributed by atoms with Gasteiger partial charge in [0.1, 0.15) is 5.75 Å². The number of rotatable bonds is 4. The van der Waals surface area contributed by atoms with Crippen molar-refractivity contribution in [3.05, 3.63) is 32.7 Å². The molecule has 0 radical (unpaired) electrons. The van der Waals surface area contributed by atoms with E-state index >= 15 is 0 Å².